The molecule has 0 atom stereocenters. The van der Waals surface area contributed by atoms with E-state index in [9.17, 15) is 13.2 Å². The van der Waals surface area contributed by atoms with Crippen LogP contribution in [0.1, 0.15) is 37.7 Å². The summed E-state index contributed by atoms with van der Waals surface area (Å²) in [5.74, 6) is 1.27. The zero-order valence-corrected chi connectivity index (χ0v) is 15.5. The van der Waals surface area contributed by atoms with Crippen LogP contribution in [-0.4, -0.2) is 16.5 Å². The molecule has 1 saturated carbocycles. The van der Waals surface area contributed by atoms with Crippen LogP contribution >= 0.6 is 0 Å². The van der Waals surface area contributed by atoms with Crippen molar-refractivity contribution < 1.29 is 13.2 Å². The van der Waals surface area contributed by atoms with Gasteiger partial charge in [-0.15, -0.1) is 0 Å². The molecule has 0 amide bonds. The van der Waals surface area contributed by atoms with Gasteiger partial charge in [0.1, 0.15) is 5.82 Å². The van der Waals surface area contributed by atoms with Crippen molar-refractivity contribution in [3.63, 3.8) is 0 Å². The monoisotopic (exact) mass is 385 g/mol. The molecule has 28 heavy (non-hydrogen) atoms. The molecule has 146 valence electrons. The number of alkyl halides is 3. The molecule has 3 aromatic rings. The molecule has 3 nitrogen and oxygen atoms in total. The summed E-state index contributed by atoms with van der Waals surface area (Å²) in [6.07, 6.45) is 1.66. The molecule has 1 aliphatic carbocycles. The van der Waals surface area contributed by atoms with Crippen molar-refractivity contribution in [3.05, 3.63) is 54.1 Å². The van der Waals surface area contributed by atoms with E-state index in [2.05, 4.69) is 15.3 Å². The Hall–Kier alpha value is -2.63. The minimum absolute atomic E-state index is 0.00136. The molecule has 1 aliphatic rings. The Bertz CT molecular complexity index is 963. The van der Waals surface area contributed by atoms with Gasteiger partial charge >= 0.3 is 6.18 Å². The summed E-state index contributed by atoms with van der Waals surface area (Å²) >= 11 is 0. The number of anilines is 1. The van der Waals surface area contributed by atoms with E-state index in [4.69, 9.17) is 0 Å². The maximum Gasteiger partial charge on any atom is 0.417 e. The molecular formula is C22H22F3N3. The number of halogens is 3. The van der Waals surface area contributed by atoms with Gasteiger partial charge in [0.15, 0.2) is 5.82 Å². The summed E-state index contributed by atoms with van der Waals surface area (Å²) in [4.78, 5) is 8.93. The Morgan fingerprint density at radius 1 is 0.893 bits per heavy atom. The Balaban J connectivity index is 1.74. The Morgan fingerprint density at radius 2 is 1.61 bits per heavy atom. The molecule has 2 aromatic carbocycles. The Kier molecular flexibility index (Phi) is 5.20. The van der Waals surface area contributed by atoms with Crippen molar-refractivity contribution in [3.8, 4) is 11.4 Å². The van der Waals surface area contributed by atoms with Crippen LogP contribution in [0.4, 0.5) is 19.0 Å². The SMILES string of the molecule is FC(F)(F)c1ccccc1-c1nc(NCC2CCCCC2)c2ccccc2n1. The summed E-state index contributed by atoms with van der Waals surface area (Å²) in [7, 11) is 0. The van der Waals surface area contributed by atoms with Crippen LogP contribution in [0.25, 0.3) is 22.3 Å². The predicted molar refractivity (Wildman–Crippen MR) is 105 cm³/mol. The molecule has 0 aliphatic heterocycles. The smallest absolute Gasteiger partial charge is 0.369 e. The molecular weight excluding hydrogens is 363 g/mol. The van der Waals surface area contributed by atoms with Crippen molar-refractivity contribution in [2.24, 2.45) is 5.92 Å². The molecule has 0 saturated heterocycles. The third kappa shape index (κ3) is 3.96. The standard InChI is InChI=1S/C22H22F3N3/c23-22(24,25)18-12-6-4-10-16(18)21-27-19-13-7-5-11-17(19)20(28-21)26-14-15-8-2-1-3-9-15/h4-7,10-13,15H,1-3,8-9,14H2,(H,26,27,28). The fourth-order valence-electron chi connectivity index (χ4n) is 3.89. The zero-order chi connectivity index (χ0) is 19.6. The largest absolute Gasteiger partial charge is 0.417 e. The van der Waals surface area contributed by atoms with Crippen LogP contribution < -0.4 is 5.32 Å². The fourth-order valence-corrected chi connectivity index (χ4v) is 3.89. The molecule has 1 N–H and O–H groups in total. The maximum absolute atomic E-state index is 13.5. The zero-order valence-electron chi connectivity index (χ0n) is 15.5. The molecule has 1 aromatic heterocycles. The molecule has 6 heteroatoms. The van der Waals surface area contributed by atoms with E-state index in [1.54, 1.807) is 6.07 Å². The first-order valence-corrected chi connectivity index (χ1v) is 9.69. The average Bonchev–Trinajstić information content (AvgIpc) is 2.72. The topological polar surface area (TPSA) is 37.8 Å². The number of nitrogens with one attached hydrogen (secondary N) is 1. The van der Waals surface area contributed by atoms with E-state index in [-0.39, 0.29) is 11.4 Å². The number of fused-ring (bicyclic) bond motifs is 1. The third-order valence-corrected chi connectivity index (χ3v) is 5.36. The molecule has 0 unspecified atom stereocenters. The normalized spacial score (nSPS) is 15.7. The van der Waals surface area contributed by atoms with E-state index in [0.717, 1.165) is 18.0 Å². The first-order valence-electron chi connectivity index (χ1n) is 9.69. The number of rotatable bonds is 4. The molecule has 4 rings (SSSR count). The lowest BCUT2D eigenvalue weighted by Crippen LogP contribution is -2.18. The molecule has 1 heterocycles. The van der Waals surface area contributed by atoms with Crippen molar-refractivity contribution >= 4 is 16.7 Å². The number of aromatic nitrogens is 2. The third-order valence-electron chi connectivity index (χ3n) is 5.36. The number of hydrogen-bond acceptors (Lipinski definition) is 3. The summed E-state index contributed by atoms with van der Waals surface area (Å²) in [5, 5.41) is 4.22. The number of para-hydroxylation sites is 1. The Morgan fingerprint density at radius 3 is 2.39 bits per heavy atom. The van der Waals surface area contributed by atoms with Gasteiger partial charge in [0.05, 0.1) is 11.1 Å². The summed E-state index contributed by atoms with van der Waals surface area (Å²) < 4.78 is 40.4. The Labute approximate surface area is 162 Å². The van der Waals surface area contributed by atoms with Crippen LogP contribution in [0, 0.1) is 5.92 Å². The first kappa shape index (κ1) is 18.7. The van der Waals surface area contributed by atoms with Gasteiger partial charge in [0, 0.05) is 17.5 Å². The van der Waals surface area contributed by atoms with Crippen LogP contribution in [-0.2, 0) is 6.18 Å². The van der Waals surface area contributed by atoms with E-state index >= 15 is 0 Å². The van der Waals surface area contributed by atoms with Gasteiger partial charge in [0.25, 0.3) is 0 Å². The van der Waals surface area contributed by atoms with Gasteiger partial charge in [-0.1, -0.05) is 49.6 Å². The summed E-state index contributed by atoms with van der Waals surface area (Å²) in [5.41, 5.74) is -0.0828. The van der Waals surface area contributed by atoms with Gasteiger partial charge in [-0.05, 0) is 37.0 Å². The summed E-state index contributed by atoms with van der Waals surface area (Å²) in [6, 6.07) is 12.9. The summed E-state index contributed by atoms with van der Waals surface area (Å²) in [6.45, 7) is 0.779. The van der Waals surface area contributed by atoms with E-state index in [1.807, 2.05) is 24.3 Å². The lowest BCUT2D eigenvalue weighted by molar-refractivity contribution is -0.137. The van der Waals surface area contributed by atoms with Crippen molar-refractivity contribution in [1.82, 2.24) is 9.97 Å². The second kappa shape index (κ2) is 7.78. The lowest BCUT2D eigenvalue weighted by Gasteiger charge is -2.22. The van der Waals surface area contributed by atoms with Gasteiger partial charge < -0.3 is 5.32 Å². The van der Waals surface area contributed by atoms with Crippen molar-refractivity contribution in [1.29, 1.82) is 0 Å². The number of benzene rings is 2. The second-order valence-corrected chi connectivity index (χ2v) is 7.34. The van der Waals surface area contributed by atoms with Gasteiger partial charge in [-0.3, -0.25) is 0 Å². The maximum atomic E-state index is 13.5. The number of hydrogen-bond donors (Lipinski definition) is 1. The van der Waals surface area contributed by atoms with Crippen molar-refractivity contribution in [2.45, 2.75) is 38.3 Å². The minimum atomic E-state index is -4.46. The molecule has 0 spiro atoms. The lowest BCUT2D eigenvalue weighted by atomic mass is 9.89. The van der Waals surface area contributed by atoms with Crippen molar-refractivity contribution in [2.75, 3.05) is 11.9 Å². The second-order valence-electron chi connectivity index (χ2n) is 7.34. The van der Waals surface area contributed by atoms with E-state index < -0.39 is 11.7 Å². The highest BCUT2D eigenvalue weighted by atomic mass is 19.4. The first-order chi connectivity index (χ1) is 13.5. The molecule has 0 radical (unpaired) electrons. The van der Waals surface area contributed by atoms with Crippen LogP contribution in [0.2, 0.25) is 0 Å². The predicted octanol–water partition coefficient (Wildman–Crippen LogP) is 6.31. The highest BCUT2D eigenvalue weighted by Gasteiger charge is 2.34. The van der Waals surface area contributed by atoms with Crippen LogP contribution in [0.5, 0.6) is 0 Å². The fraction of sp³-hybridized carbons (Fsp3) is 0.364. The molecule has 1 fully saturated rings. The van der Waals surface area contributed by atoms with E-state index in [0.29, 0.717) is 17.3 Å². The van der Waals surface area contributed by atoms with Crippen LogP contribution in [0.15, 0.2) is 48.5 Å². The van der Waals surface area contributed by atoms with Gasteiger partial charge in [0.2, 0.25) is 0 Å². The average molecular weight is 385 g/mol. The molecule has 0 bridgehead atoms. The van der Waals surface area contributed by atoms with E-state index in [1.165, 1.54) is 44.2 Å². The number of nitrogens with zero attached hydrogens (tertiary/aromatic N) is 2. The highest BCUT2D eigenvalue weighted by Crippen LogP contribution is 2.37. The van der Waals surface area contributed by atoms with Crippen LogP contribution in [0.3, 0.4) is 0 Å². The van der Waals surface area contributed by atoms with Gasteiger partial charge in [-0.2, -0.15) is 13.2 Å². The quantitative estimate of drug-likeness (QED) is 0.572. The highest BCUT2D eigenvalue weighted by molar-refractivity contribution is 5.90. The van der Waals surface area contributed by atoms with Gasteiger partial charge in [-0.25, -0.2) is 9.97 Å². The minimum Gasteiger partial charge on any atom is -0.369 e.